The zero-order valence-corrected chi connectivity index (χ0v) is 32.1. The van der Waals surface area contributed by atoms with Gasteiger partial charge in [0.15, 0.2) is 0 Å². The molecular weight excluding hydrogens is 630 g/mol. The maximum absolute atomic E-state index is 11.0. The highest BCUT2D eigenvalue weighted by molar-refractivity contribution is 7.24. The average molecular weight is 674 g/mol. The fraction of sp³-hybridized carbons (Fsp3) is 0.238. The number of aryl methyl sites for hydroxylation is 1. The lowest BCUT2D eigenvalue weighted by Crippen LogP contribution is -2.88. The van der Waals surface area contributed by atoms with Gasteiger partial charge in [0.05, 0.1) is 0 Å². The van der Waals surface area contributed by atoms with Crippen molar-refractivity contribution in [2.75, 3.05) is 4.90 Å². The normalized spacial score (nSPS) is 21.1. The third-order valence-electron chi connectivity index (χ3n) is 12.6. The van der Waals surface area contributed by atoms with E-state index >= 15 is 0 Å². The topological polar surface area (TPSA) is 23.5 Å². The molecule has 238 valence electrons. The molecule has 5 aromatic carbocycles. The minimum Gasteiger partial charge on any atom is -0.508 e. The SMILES string of the molecule is Cc1cc2c3c(c1)[Si](C)(c1ccccc1)c1ccc(O)cc1B3c1ccc(N3C4=C(CCCC4)[Si](C)(C)c4ccccc43)cc1[Si]2(C)C. The zero-order chi connectivity index (χ0) is 33.2. The summed E-state index contributed by atoms with van der Waals surface area (Å²) >= 11 is 0. The third kappa shape index (κ3) is 3.97. The molecule has 0 aromatic heterocycles. The van der Waals surface area contributed by atoms with Crippen LogP contribution in [0, 0.1) is 6.92 Å². The number of anilines is 2. The van der Waals surface area contributed by atoms with Gasteiger partial charge in [-0.3, -0.25) is 0 Å². The van der Waals surface area contributed by atoms with E-state index in [4.69, 9.17) is 0 Å². The van der Waals surface area contributed by atoms with Crippen LogP contribution in [0.2, 0.25) is 32.7 Å². The highest BCUT2D eigenvalue weighted by Crippen LogP contribution is 2.44. The molecule has 0 saturated heterocycles. The highest BCUT2D eigenvalue weighted by atomic mass is 28.3. The molecule has 3 heterocycles. The molecule has 0 bridgehead atoms. The molecule has 5 aromatic rings. The van der Waals surface area contributed by atoms with E-state index in [1.54, 1.807) is 37.1 Å². The first-order valence-corrected chi connectivity index (χ1v) is 26.3. The van der Waals surface area contributed by atoms with Gasteiger partial charge in [0.1, 0.15) is 30.0 Å². The van der Waals surface area contributed by atoms with Crippen LogP contribution in [0.15, 0.2) is 114 Å². The number of rotatable bonds is 2. The molecule has 4 aliphatic rings. The van der Waals surface area contributed by atoms with E-state index in [2.05, 4.69) is 142 Å². The Balaban J connectivity index is 1.31. The summed E-state index contributed by atoms with van der Waals surface area (Å²) < 4.78 is 0. The van der Waals surface area contributed by atoms with E-state index in [0.29, 0.717) is 5.75 Å². The number of phenols is 1. The summed E-state index contributed by atoms with van der Waals surface area (Å²) in [6.07, 6.45) is 5.00. The lowest BCUT2D eigenvalue weighted by atomic mass is 9.36. The molecule has 0 radical (unpaired) electrons. The van der Waals surface area contributed by atoms with Crippen molar-refractivity contribution in [1.82, 2.24) is 0 Å². The van der Waals surface area contributed by atoms with Crippen molar-refractivity contribution in [1.29, 1.82) is 0 Å². The second-order valence-corrected chi connectivity index (χ2v) is 28.6. The van der Waals surface area contributed by atoms with Gasteiger partial charge in [0.25, 0.3) is 0 Å². The molecule has 2 nitrogen and oxygen atoms in total. The second-order valence-electron chi connectivity index (χ2n) is 16.0. The molecule has 0 spiro atoms. The van der Waals surface area contributed by atoms with Gasteiger partial charge in [-0.2, -0.15) is 0 Å². The van der Waals surface area contributed by atoms with Crippen molar-refractivity contribution in [2.24, 2.45) is 0 Å². The summed E-state index contributed by atoms with van der Waals surface area (Å²) in [5, 5.41) is 22.0. The van der Waals surface area contributed by atoms with Crippen LogP contribution in [0.25, 0.3) is 0 Å². The van der Waals surface area contributed by atoms with Gasteiger partial charge in [0, 0.05) is 17.1 Å². The van der Waals surface area contributed by atoms with E-state index in [1.165, 1.54) is 63.9 Å². The first-order valence-electron chi connectivity index (χ1n) is 17.8. The largest absolute Gasteiger partial charge is 0.508 e. The molecule has 48 heavy (non-hydrogen) atoms. The summed E-state index contributed by atoms with van der Waals surface area (Å²) in [6, 6.07) is 39.4. The van der Waals surface area contributed by atoms with Crippen molar-refractivity contribution < 1.29 is 5.11 Å². The summed E-state index contributed by atoms with van der Waals surface area (Å²) in [7, 11) is -6.24. The molecule has 9 rings (SSSR count). The van der Waals surface area contributed by atoms with Crippen molar-refractivity contribution >= 4 is 89.8 Å². The molecule has 1 aliphatic carbocycles. The zero-order valence-electron chi connectivity index (χ0n) is 29.1. The summed E-state index contributed by atoms with van der Waals surface area (Å²) in [5.74, 6) is 0.365. The van der Waals surface area contributed by atoms with Crippen LogP contribution in [0.5, 0.6) is 5.75 Å². The number of fused-ring (bicyclic) bond motifs is 5. The molecule has 1 atom stereocenters. The number of aromatic hydroxyl groups is 1. The van der Waals surface area contributed by atoms with E-state index in [9.17, 15) is 5.11 Å². The first-order chi connectivity index (χ1) is 23.0. The van der Waals surface area contributed by atoms with Crippen LogP contribution >= 0.6 is 0 Å². The third-order valence-corrected chi connectivity index (χ3v) is 24.5. The van der Waals surface area contributed by atoms with E-state index in [1.807, 2.05) is 6.07 Å². The summed E-state index contributed by atoms with van der Waals surface area (Å²) in [6.45, 7) is 15.3. The van der Waals surface area contributed by atoms with Gasteiger partial charge in [0.2, 0.25) is 6.71 Å². The van der Waals surface area contributed by atoms with Crippen LogP contribution in [-0.2, 0) is 0 Å². The van der Waals surface area contributed by atoms with E-state index in [0.717, 1.165) is 0 Å². The fourth-order valence-corrected chi connectivity index (χ4v) is 21.4. The van der Waals surface area contributed by atoms with E-state index in [-0.39, 0.29) is 6.71 Å². The molecular formula is C42H44BNOSi3. The fourth-order valence-electron chi connectivity index (χ4n) is 10.2. The van der Waals surface area contributed by atoms with Gasteiger partial charge in [-0.05, 0) is 73.3 Å². The van der Waals surface area contributed by atoms with Crippen molar-refractivity contribution in [3.63, 3.8) is 0 Å². The van der Waals surface area contributed by atoms with Gasteiger partial charge in [-0.1, -0.05) is 153 Å². The minimum atomic E-state index is -2.36. The Bertz CT molecular complexity index is 2210. The van der Waals surface area contributed by atoms with Crippen molar-refractivity contribution in [3.05, 3.63) is 120 Å². The number of hydrogen-bond donors (Lipinski definition) is 1. The molecule has 0 amide bonds. The van der Waals surface area contributed by atoms with Gasteiger partial charge in [-0.25, -0.2) is 0 Å². The molecule has 6 heteroatoms. The van der Waals surface area contributed by atoms with Crippen LogP contribution in [0.4, 0.5) is 11.4 Å². The Hall–Kier alpha value is -3.84. The standard InChI is InChI=1S/C42H44BNOSi3/c1-28-24-40-42-41(25-28)48(6,31-14-8-7-9-15-31)36-23-21-30(45)27-33(36)43(42)32-22-20-29(26-39(32)47(40,4)5)44-34-16-10-12-18-37(34)46(2,3)38-19-13-11-17-35(38)44/h7-10,12,14-16,18,20-27,45H,11,13,17,19H2,1-6H3. The van der Waals surface area contributed by atoms with Gasteiger partial charge >= 0.3 is 0 Å². The lowest BCUT2D eigenvalue weighted by Gasteiger charge is -2.48. The van der Waals surface area contributed by atoms with Crippen LogP contribution in [-0.4, -0.2) is 36.0 Å². The summed E-state index contributed by atoms with van der Waals surface area (Å²) in [4.78, 5) is 2.67. The molecule has 1 unspecified atom stereocenters. The van der Waals surface area contributed by atoms with E-state index < -0.39 is 24.2 Å². The number of benzene rings is 5. The van der Waals surface area contributed by atoms with Gasteiger partial charge in [-0.15, -0.1) is 0 Å². The first kappa shape index (κ1) is 30.2. The minimum absolute atomic E-state index is 0.121. The quantitative estimate of drug-likeness (QED) is 0.284. The van der Waals surface area contributed by atoms with Crippen LogP contribution in [0.1, 0.15) is 31.2 Å². The number of hydrogen-bond acceptors (Lipinski definition) is 2. The van der Waals surface area contributed by atoms with Crippen molar-refractivity contribution in [2.45, 2.75) is 65.3 Å². The Morgan fingerprint density at radius 2 is 1.35 bits per heavy atom. The molecule has 0 fully saturated rings. The monoisotopic (exact) mass is 673 g/mol. The maximum Gasteiger partial charge on any atom is 0.240 e. The summed E-state index contributed by atoms with van der Waals surface area (Å²) in [5.41, 5.74) is 9.98. The van der Waals surface area contributed by atoms with Crippen LogP contribution in [0.3, 0.4) is 0 Å². The molecule has 0 saturated carbocycles. The Morgan fingerprint density at radius 1 is 0.625 bits per heavy atom. The Labute approximate surface area is 289 Å². The van der Waals surface area contributed by atoms with Crippen molar-refractivity contribution in [3.8, 4) is 5.75 Å². The second kappa shape index (κ2) is 10.3. The Kier molecular flexibility index (Phi) is 6.51. The highest BCUT2D eigenvalue weighted by Gasteiger charge is 2.52. The smallest absolute Gasteiger partial charge is 0.240 e. The average Bonchev–Trinajstić information content (AvgIpc) is 3.09. The maximum atomic E-state index is 11.0. The predicted octanol–water partition coefficient (Wildman–Crippen LogP) is 4.20. The predicted molar refractivity (Wildman–Crippen MR) is 215 cm³/mol. The number of phenolic OH excluding ortho intramolecular Hbond substituents is 1. The van der Waals surface area contributed by atoms with Crippen LogP contribution < -0.4 is 52.4 Å². The van der Waals surface area contributed by atoms with Gasteiger partial charge < -0.3 is 10.0 Å². The number of allylic oxidation sites excluding steroid dienone is 2. The number of para-hydroxylation sites is 1. The lowest BCUT2D eigenvalue weighted by molar-refractivity contribution is 0.476. The molecule has 1 N–H and O–H groups in total. The number of nitrogens with zero attached hydrogens (tertiary/aromatic N) is 1. The molecule has 3 aliphatic heterocycles. The Morgan fingerprint density at radius 3 is 2.17 bits per heavy atom.